The van der Waals surface area contributed by atoms with Crippen LogP contribution in [0.4, 0.5) is 9.59 Å². The lowest BCUT2D eigenvalue weighted by atomic mass is 9.67. The van der Waals surface area contributed by atoms with E-state index in [1.807, 2.05) is 49.9 Å². The normalized spacial score (nSPS) is 25.9. The van der Waals surface area contributed by atoms with E-state index in [9.17, 15) is 19.2 Å². The number of ether oxygens (including phenoxy) is 2. The first-order valence-electron chi connectivity index (χ1n) is 21.5. The lowest BCUT2D eigenvalue weighted by Gasteiger charge is -2.38. The number of likely N-dealkylation sites (tertiary alicyclic amines) is 2. The lowest BCUT2D eigenvalue weighted by Crippen LogP contribution is -2.51. The first-order valence-corrected chi connectivity index (χ1v) is 21.5. The zero-order valence-electron chi connectivity index (χ0n) is 35.0. The maximum absolute atomic E-state index is 13.8. The SMILES string of the molecule is CCC(C)C(NC(=O)OC)C(=O)N1CCCC1c1ncc(-c2ccc(C34CCC(CC3)C(c3cnc(C5CCCN5C(=O)C(NC(=O)OC)C(C)C)[nH]3)CC4)cc2)[nH]1. The second-order valence-corrected chi connectivity index (χ2v) is 17.5. The summed E-state index contributed by atoms with van der Waals surface area (Å²) in [6.45, 7) is 9.10. The molecule has 2 bridgehead atoms. The van der Waals surface area contributed by atoms with E-state index in [0.29, 0.717) is 24.9 Å². The summed E-state index contributed by atoms with van der Waals surface area (Å²) >= 11 is 0. The van der Waals surface area contributed by atoms with Crippen LogP contribution in [0.15, 0.2) is 36.7 Å². The van der Waals surface area contributed by atoms with Gasteiger partial charge in [0.15, 0.2) is 0 Å². The molecule has 6 unspecified atom stereocenters. The van der Waals surface area contributed by atoms with Crippen LogP contribution < -0.4 is 10.6 Å². The standard InChI is InChI=1S/C44H62N8O6/c1-7-27(4)37(50-43(56)58-6)41(54)52-23-9-10-34(52)38-45-24-32(47-38)29-12-14-30(15-13-29)44-19-16-28(17-20-44)31(18-21-44)33-25-46-39(48-33)35-11-8-22-51(35)40(53)36(26(2)3)49-42(55)57-5/h12-15,24-28,31,34-37H,7-11,16-23H2,1-6H3,(H,45,47)(H,46,48)(H,49,55)(H,50,56). The highest BCUT2D eigenvalue weighted by Crippen LogP contribution is 2.54. The van der Waals surface area contributed by atoms with Crippen molar-refractivity contribution < 1.29 is 28.7 Å². The number of hydrogen-bond donors (Lipinski definition) is 4. The average molecular weight is 799 g/mol. The van der Waals surface area contributed by atoms with Crippen molar-refractivity contribution in [2.75, 3.05) is 27.3 Å². The molecule has 5 aliphatic rings. The molecule has 4 amide bonds. The second kappa shape index (κ2) is 17.5. The monoisotopic (exact) mass is 798 g/mol. The van der Waals surface area contributed by atoms with E-state index in [1.54, 1.807) is 0 Å². The molecule has 0 spiro atoms. The van der Waals surface area contributed by atoms with E-state index >= 15 is 0 Å². The van der Waals surface area contributed by atoms with Gasteiger partial charge in [-0.05, 0) is 98.5 Å². The van der Waals surface area contributed by atoms with Crippen LogP contribution in [0.5, 0.6) is 0 Å². The van der Waals surface area contributed by atoms with Gasteiger partial charge in [0.1, 0.15) is 23.7 Å². The van der Waals surface area contributed by atoms with E-state index in [4.69, 9.17) is 19.4 Å². The highest BCUT2D eigenvalue weighted by atomic mass is 16.5. The molecule has 1 aromatic carbocycles. The second-order valence-electron chi connectivity index (χ2n) is 17.5. The summed E-state index contributed by atoms with van der Waals surface area (Å²) in [5.74, 6) is 2.26. The Morgan fingerprint density at radius 1 is 0.776 bits per heavy atom. The zero-order chi connectivity index (χ0) is 41.1. The summed E-state index contributed by atoms with van der Waals surface area (Å²) in [7, 11) is 2.62. The minimum absolute atomic E-state index is 0.0415. The number of imidazole rings is 2. The number of hydrogen-bond acceptors (Lipinski definition) is 8. The number of carbonyl (C=O) groups is 4. The van der Waals surface area contributed by atoms with Gasteiger partial charge in [-0.3, -0.25) is 9.59 Å². The third kappa shape index (κ3) is 8.20. The number of benzene rings is 1. The third-order valence-electron chi connectivity index (χ3n) is 13.9. The molecule has 5 fully saturated rings. The van der Waals surface area contributed by atoms with Gasteiger partial charge >= 0.3 is 12.2 Å². The Morgan fingerprint density at radius 2 is 1.33 bits per heavy atom. The van der Waals surface area contributed by atoms with E-state index in [2.05, 4.69) is 44.9 Å². The number of alkyl carbamates (subject to hydrolysis) is 2. The summed E-state index contributed by atoms with van der Waals surface area (Å²) in [6.07, 6.45) is 13.7. The Labute approximate surface area is 342 Å². The van der Waals surface area contributed by atoms with Crippen molar-refractivity contribution in [2.45, 2.75) is 134 Å². The smallest absolute Gasteiger partial charge is 0.407 e. The molecule has 4 N–H and O–H groups in total. The molecule has 6 atom stereocenters. The van der Waals surface area contributed by atoms with Crippen LogP contribution in [-0.4, -0.2) is 93.1 Å². The molecule has 3 aromatic rings. The van der Waals surface area contributed by atoms with E-state index < -0.39 is 24.3 Å². The number of carbonyl (C=O) groups excluding carboxylic acids is 4. The van der Waals surface area contributed by atoms with Crippen molar-refractivity contribution in [3.05, 3.63) is 59.6 Å². The zero-order valence-corrected chi connectivity index (χ0v) is 35.0. The van der Waals surface area contributed by atoms with E-state index in [0.717, 1.165) is 93.5 Å². The van der Waals surface area contributed by atoms with Crippen LogP contribution in [0.1, 0.15) is 139 Å². The van der Waals surface area contributed by atoms with Gasteiger partial charge < -0.3 is 39.9 Å². The molecule has 2 aliphatic heterocycles. The Morgan fingerprint density at radius 3 is 1.91 bits per heavy atom. The number of rotatable bonds is 12. The molecular weight excluding hydrogens is 737 g/mol. The Bertz CT molecular complexity index is 1920. The van der Waals surface area contributed by atoms with Gasteiger partial charge in [0.25, 0.3) is 0 Å². The molecule has 3 saturated carbocycles. The number of fused-ring (bicyclic) bond motifs is 4. The fourth-order valence-corrected chi connectivity index (χ4v) is 10.3. The maximum Gasteiger partial charge on any atom is 0.407 e. The highest BCUT2D eigenvalue weighted by Gasteiger charge is 2.45. The van der Waals surface area contributed by atoms with Crippen molar-refractivity contribution in [1.82, 2.24) is 40.4 Å². The number of aromatic amines is 2. The number of amides is 4. The van der Waals surface area contributed by atoms with Gasteiger partial charge in [-0.25, -0.2) is 19.6 Å². The van der Waals surface area contributed by atoms with Crippen LogP contribution in [0.3, 0.4) is 0 Å². The molecule has 0 radical (unpaired) electrons. The van der Waals surface area contributed by atoms with E-state index in [1.165, 1.54) is 25.5 Å². The summed E-state index contributed by atoms with van der Waals surface area (Å²) < 4.78 is 9.63. The van der Waals surface area contributed by atoms with Crippen molar-refractivity contribution >= 4 is 24.0 Å². The third-order valence-corrected chi connectivity index (χ3v) is 13.9. The number of H-pyrrole nitrogens is 2. The van der Waals surface area contributed by atoms with Crippen LogP contribution in [0.25, 0.3) is 11.3 Å². The summed E-state index contributed by atoms with van der Waals surface area (Å²) in [5, 5.41) is 5.51. The molecule has 2 aromatic heterocycles. The number of methoxy groups -OCH3 is 2. The average Bonchev–Trinajstić information content (AvgIpc) is 4.07. The van der Waals surface area contributed by atoms with Crippen molar-refractivity contribution in [2.24, 2.45) is 17.8 Å². The minimum atomic E-state index is -0.660. The molecule has 3 aliphatic carbocycles. The van der Waals surface area contributed by atoms with Crippen molar-refractivity contribution in [3.8, 4) is 11.3 Å². The van der Waals surface area contributed by atoms with Crippen molar-refractivity contribution in [3.63, 3.8) is 0 Å². The summed E-state index contributed by atoms with van der Waals surface area (Å²) in [6, 6.07) is 7.36. The molecule has 314 valence electrons. The molecule has 4 heterocycles. The van der Waals surface area contributed by atoms with Crippen molar-refractivity contribution in [1.29, 1.82) is 0 Å². The largest absolute Gasteiger partial charge is 0.453 e. The van der Waals surface area contributed by atoms with Gasteiger partial charge in [-0.1, -0.05) is 58.4 Å². The fourth-order valence-electron chi connectivity index (χ4n) is 10.3. The van der Waals surface area contributed by atoms with Gasteiger partial charge in [0.05, 0.1) is 38.2 Å². The molecule has 8 rings (SSSR count). The van der Waals surface area contributed by atoms with Crippen LogP contribution in [-0.2, 0) is 24.5 Å². The molecular formula is C44H62N8O6. The number of aromatic nitrogens is 4. The first-order chi connectivity index (χ1) is 28.0. The summed E-state index contributed by atoms with van der Waals surface area (Å²) in [4.78, 5) is 72.3. The van der Waals surface area contributed by atoms with Crippen LogP contribution in [0, 0.1) is 17.8 Å². The number of nitrogens with zero attached hydrogens (tertiary/aromatic N) is 4. The Balaban J connectivity index is 1.01. The Hall–Kier alpha value is -4.88. The van der Waals surface area contributed by atoms with Crippen LogP contribution in [0.2, 0.25) is 0 Å². The minimum Gasteiger partial charge on any atom is -0.453 e. The predicted octanol–water partition coefficient (Wildman–Crippen LogP) is 7.28. The quantitative estimate of drug-likeness (QED) is 0.148. The first kappa shape index (κ1) is 41.3. The van der Waals surface area contributed by atoms with Gasteiger partial charge in [0, 0.05) is 30.9 Å². The van der Waals surface area contributed by atoms with E-state index in [-0.39, 0.29) is 41.1 Å². The molecule has 58 heavy (non-hydrogen) atoms. The van der Waals surface area contributed by atoms with Gasteiger partial charge in [-0.2, -0.15) is 0 Å². The molecule has 2 saturated heterocycles. The molecule has 14 nitrogen and oxygen atoms in total. The lowest BCUT2D eigenvalue weighted by molar-refractivity contribution is -0.136. The topological polar surface area (TPSA) is 175 Å². The maximum atomic E-state index is 13.8. The number of nitrogens with one attached hydrogen (secondary N) is 4. The predicted molar refractivity (Wildman–Crippen MR) is 219 cm³/mol. The molecule has 14 heteroatoms. The van der Waals surface area contributed by atoms with Gasteiger partial charge in [0.2, 0.25) is 11.8 Å². The fraction of sp³-hybridized carbons (Fsp3) is 0.636. The summed E-state index contributed by atoms with van der Waals surface area (Å²) in [5.41, 5.74) is 4.68. The van der Waals surface area contributed by atoms with Gasteiger partial charge in [-0.15, -0.1) is 0 Å². The highest BCUT2D eigenvalue weighted by molar-refractivity contribution is 5.87. The Kier molecular flexibility index (Phi) is 12.5. The van der Waals surface area contributed by atoms with Crippen LogP contribution >= 0.6 is 0 Å².